The van der Waals surface area contributed by atoms with Crippen molar-refractivity contribution in [1.29, 1.82) is 0 Å². The van der Waals surface area contributed by atoms with E-state index in [4.69, 9.17) is 0 Å². The van der Waals surface area contributed by atoms with Crippen molar-refractivity contribution in [2.45, 2.75) is 6.92 Å². The second-order valence-corrected chi connectivity index (χ2v) is 13.0. The van der Waals surface area contributed by atoms with Crippen LogP contribution in [0.3, 0.4) is 0 Å². The molecule has 0 amide bonds. The highest BCUT2D eigenvalue weighted by atomic mass is 28.3. The molecule has 0 atom stereocenters. The average molecular weight is 449 g/mol. The molecule has 0 radical (unpaired) electrons. The second-order valence-electron chi connectivity index (χ2n) is 9.35. The SMILES string of the molecule is Cc1cc2c(c3ccccc13)[Si](c1ccccc1)(c1ccccc1)c1c-2ccc2ccccc12. The van der Waals surface area contributed by atoms with Crippen molar-refractivity contribution in [1.82, 2.24) is 0 Å². The molecule has 0 saturated heterocycles. The van der Waals surface area contributed by atoms with Crippen LogP contribution in [0.25, 0.3) is 32.7 Å². The first-order valence-electron chi connectivity index (χ1n) is 12.0. The molecule has 1 heterocycles. The van der Waals surface area contributed by atoms with Crippen LogP contribution in [-0.2, 0) is 0 Å². The maximum atomic E-state index is 2.45. The summed E-state index contributed by atoms with van der Waals surface area (Å²) in [6.45, 7) is 2.26. The van der Waals surface area contributed by atoms with Crippen molar-refractivity contribution in [3.05, 3.63) is 133 Å². The first kappa shape index (κ1) is 19.5. The lowest BCUT2D eigenvalue weighted by atomic mass is 9.96. The lowest BCUT2D eigenvalue weighted by molar-refractivity contribution is 1.54. The van der Waals surface area contributed by atoms with E-state index in [2.05, 4.69) is 134 Å². The van der Waals surface area contributed by atoms with E-state index in [-0.39, 0.29) is 0 Å². The van der Waals surface area contributed by atoms with Gasteiger partial charge in [0.25, 0.3) is 0 Å². The minimum atomic E-state index is -2.58. The van der Waals surface area contributed by atoms with E-state index in [1.807, 2.05) is 0 Å². The third kappa shape index (κ3) is 2.48. The molecule has 6 aromatic rings. The average Bonchev–Trinajstić information content (AvgIpc) is 3.21. The molecule has 34 heavy (non-hydrogen) atoms. The fourth-order valence-electron chi connectivity index (χ4n) is 6.32. The molecule has 1 aliphatic rings. The zero-order chi connectivity index (χ0) is 22.7. The van der Waals surface area contributed by atoms with Crippen molar-refractivity contribution in [2.24, 2.45) is 0 Å². The maximum absolute atomic E-state index is 2.58. The van der Waals surface area contributed by atoms with Crippen molar-refractivity contribution in [2.75, 3.05) is 0 Å². The summed E-state index contributed by atoms with van der Waals surface area (Å²) < 4.78 is 0. The number of aryl methyl sites for hydroxylation is 1. The summed E-state index contributed by atoms with van der Waals surface area (Å²) in [5.41, 5.74) is 4.16. The van der Waals surface area contributed by atoms with Crippen molar-refractivity contribution in [3.63, 3.8) is 0 Å². The summed E-state index contributed by atoms with van der Waals surface area (Å²) >= 11 is 0. The number of hydrogen-bond donors (Lipinski definition) is 0. The Bertz CT molecular complexity index is 1660. The summed E-state index contributed by atoms with van der Waals surface area (Å²) in [7, 11) is -2.58. The van der Waals surface area contributed by atoms with Crippen molar-refractivity contribution in [3.8, 4) is 11.1 Å². The second kappa shape index (κ2) is 7.28. The largest absolute Gasteiger partial charge is 0.182 e. The highest BCUT2D eigenvalue weighted by Crippen LogP contribution is 2.36. The predicted octanol–water partition coefficient (Wildman–Crippen LogP) is 5.66. The van der Waals surface area contributed by atoms with Crippen LogP contribution in [0.15, 0.2) is 127 Å². The summed E-state index contributed by atoms with van der Waals surface area (Å²) in [4.78, 5) is 0. The van der Waals surface area contributed by atoms with Gasteiger partial charge in [-0.1, -0.05) is 127 Å². The van der Waals surface area contributed by atoms with Gasteiger partial charge in [0.2, 0.25) is 0 Å². The zero-order valence-electron chi connectivity index (χ0n) is 19.1. The molecule has 0 aliphatic carbocycles. The lowest BCUT2D eigenvalue weighted by Gasteiger charge is -2.33. The molecule has 6 aromatic carbocycles. The zero-order valence-corrected chi connectivity index (χ0v) is 20.1. The van der Waals surface area contributed by atoms with Gasteiger partial charge in [-0.3, -0.25) is 0 Å². The van der Waals surface area contributed by atoms with E-state index >= 15 is 0 Å². The molecule has 0 aromatic heterocycles. The van der Waals surface area contributed by atoms with E-state index in [1.165, 1.54) is 59.0 Å². The third-order valence-electron chi connectivity index (χ3n) is 7.63. The van der Waals surface area contributed by atoms with Gasteiger partial charge in [0.15, 0.2) is 8.07 Å². The number of benzene rings is 6. The summed E-state index contributed by atoms with van der Waals surface area (Å²) in [6.07, 6.45) is 0. The van der Waals surface area contributed by atoms with E-state index < -0.39 is 8.07 Å². The van der Waals surface area contributed by atoms with Gasteiger partial charge in [0, 0.05) is 0 Å². The molecule has 0 saturated carbocycles. The van der Waals surface area contributed by atoms with Crippen LogP contribution in [0.1, 0.15) is 5.56 Å². The maximum Gasteiger partial charge on any atom is 0.182 e. The Kier molecular flexibility index (Phi) is 4.18. The number of rotatable bonds is 2. The number of hydrogen-bond acceptors (Lipinski definition) is 0. The first-order chi connectivity index (χ1) is 16.8. The van der Waals surface area contributed by atoms with Gasteiger partial charge in [-0.05, 0) is 65.9 Å². The van der Waals surface area contributed by atoms with Crippen LogP contribution < -0.4 is 20.7 Å². The Morgan fingerprint density at radius 2 is 0.971 bits per heavy atom. The van der Waals surface area contributed by atoms with Gasteiger partial charge >= 0.3 is 0 Å². The highest BCUT2D eigenvalue weighted by Gasteiger charge is 2.50. The summed E-state index contributed by atoms with van der Waals surface area (Å²) in [5.74, 6) is 0. The Hall–Kier alpha value is -3.94. The van der Waals surface area contributed by atoms with Gasteiger partial charge in [-0.2, -0.15) is 0 Å². The smallest absolute Gasteiger partial charge is 0.0623 e. The van der Waals surface area contributed by atoms with Gasteiger partial charge in [0.1, 0.15) is 0 Å². The quantitative estimate of drug-likeness (QED) is 0.299. The fraction of sp³-hybridized carbons (Fsp3) is 0.0303. The lowest BCUT2D eigenvalue weighted by Crippen LogP contribution is -2.73. The van der Waals surface area contributed by atoms with Crippen molar-refractivity contribution >= 4 is 50.4 Å². The number of fused-ring (bicyclic) bond motifs is 7. The van der Waals surface area contributed by atoms with Gasteiger partial charge in [-0.25, -0.2) is 0 Å². The Labute approximate surface area is 201 Å². The molecule has 0 fully saturated rings. The van der Waals surface area contributed by atoms with Crippen LogP contribution in [0.5, 0.6) is 0 Å². The molecule has 160 valence electrons. The predicted molar refractivity (Wildman–Crippen MR) is 149 cm³/mol. The molecule has 0 unspecified atom stereocenters. The van der Waals surface area contributed by atoms with E-state index in [0.717, 1.165) is 0 Å². The van der Waals surface area contributed by atoms with Crippen LogP contribution >= 0.6 is 0 Å². The topological polar surface area (TPSA) is 0 Å². The van der Waals surface area contributed by atoms with Crippen LogP contribution in [0.2, 0.25) is 0 Å². The molecule has 0 N–H and O–H groups in total. The minimum absolute atomic E-state index is 1.32. The van der Waals surface area contributed by atoms with Crippen LogP contribution in [-0.4, -0.2) is 8.07 Å². The third-order valence-corrected chi connectivity index (χ3v) is 12.6. The Morgan fingerprint density at radius 3 is 1.65 bits per heavy atom. The first-order valence-corrected chi connectivity index (χ1v) is 14.0. The highest BCUT2D eigenvalue weighted by molar-refractivity contribution is 7.24. The van der Waals surface area contributed by atoms with Crippen LogP contribution in [0, 0.1) is 6.92 Å². The summed E-state index contributed by atoms with van der Waals surface area (Å²) in [6, 6.07) is 47.7. The van der Waals surface area contributed by atoms with E-state index in [1.54, 1.807) is 0 Å². The molecule has 1 heteroatoms. The molecular formula is C33H24Si. The van der Waals surface area contributed by atoms with Crippen molar-refractivity contribution < 1.29 is 0 Å². The molecule has 0 bridgehead atoms. The normalized spacial score (nSPS) is 13.7. The molecule has 0 spiro atoms. The van der Waals surface area contributed by atoms with Gasteiger partial charge in [0.05, 0.1) is 0 Å². The van der Waals surface area contributed by atoms with Gasteiger partial charge in [-0.15, -0.1) is 0 Å². The van der Waals surface area contributed by atoms with Gasteiger partial charge < -0.3 is 0 Å². The molecule has 0 nitrogen and oxygen atoms in total. The Morgan fingerprint density at radius 1 is 0.441 bits per heavy atom. The van der Waals surface area contributed by atoms with E-state index in [0.29, 0.717) is 0 Å². The summed E-state index contributed by atoms with van der Waals surface area (Å²) in [5, 5.41) is 11.4. The molecule has 1 aliphatic heterocycles. The fourth-order valence-corrected chi connectivity index (χ4v) is 11.9. The molecule has 7 rings (SSSR count). The van der Waals surface area contributed by atoms with Crippen LogP contribution in [0.4, 0.5) is 0 Å². The van der Waals surface area contributed by atoms with E-state index in [9.17, 15) is 0 Å². The Balaban J connectivity index is 1.80. The minimum Gasteiger partial charge on any atom is -0.0623 e. The molecular weight excluding hydrogens is 424 g/mol. The monoisotopic (exact) mass is 448 g/mol. The standard InChI is InChI=1S/C33H24Si/c1-23-22-31-30-21-20-24-12-8-9-18-28(24)32(30)34(25-13-4-2-5-14-25,26-15-6-3-7-16-26)33(31)29-19-11-10-17-27(23)29/h2-22H,1H3.